The maximum Gasteiger partial charge on any atom is 0.335 e. The molecule has 0 aliphatic heterocycles. The van der Waals surface area contributed by atoms with E-state index in [9.17, 15) is 19.8 Å². The van der Waals surface area contributed by atoms with Crippen LogP contribution >= 0.6 is 0 Å². The highest BCUT2D eigenvalue weighted by Crippen LogP contribution is 2.40. The number of aromatic carboxylic acids is 1. The lowest BCUT2D eigenvalue weighted by Gasteiger charge is -2.10. The number of aromatic nitrogens is 2. The Morgan fingerprint density at radius 3 is 2.68 bits per heavy atom. The number of nitrogens with one attached hydrogen (secondary N) is 1. The van der Waals surface area contributed by atoms with Crippen LogP contribution in [0.1, 0.15) is 58.4 Å². The van der Waals surface area contributed by atoms with Crippen molar-refractivity contribution in [3.05, 3.63) is 92.9 Å². The Balaban J connectivity index is 1.51. The normalized spacial score (nSPS) is 14.8. The van der Waals surface area contributed by atoms with Gasteiger partial charge in [0, 0.05) is 5.56 Å². The van der Waals surface area contributed by atoms with E-state index < -0.39 is 5.97 Å². The number of hydrogen-bond donors (Lipinski definition) is 3. The number of azo groups is 1. The Labute approximate surface area is 213 Å². The fourth-order valence-electron chi connectivity index (χ4n) is 5.06. The molecule has 1 unspecified atom stereocenters. The van der Waals surface area contributed by atoms with Gasteiger partial charge in [0.05, 0.1) is 16.9 Å². The molecular formula is C29H28N4O4. The Hall–Kier alpha value is -4.46. The third-order valence-electron chi connectivity index (χ3n) is 7.04. The van der Waals surface area contributed by atoms with E-state index in [4.69, 9.17) is 0 Å². The van der Waals surface area contributed by atoms with Crippen molar-refractivity contribution in [1.82, 2.24) is 9.78 Å². The second-order valence-electron chi connectivity index (χ2n) is 9.52. The molecule has 1 aliphatic carbocycles. The summed E-state index contributed by atoms with van der Waals surface area (Å²) in [4.78, 5) is 24.7. The number of nitrogens with zero attached hydrogens (tertiary/aromatic N) is 3. The summed E-state index contributed by atoms with van der Waals surface area (Å²) in [7, 11) is 0. The van der Waals surface area contributed by atoms with Gasteiger partial charge in [0.2, 0.25) is 0 Å². The zero-order valence-electron chi connectivity index (χ0n) is 20.9. The summed E-state index contributed by atoms with van der Waals surface area (Å²) < 4.78 is 1.48. The zero-order valence-corrected chi connectivity index (χ0v) is 20.9. The van der Waals surface area contributed by atoms with E-state index in [0.29, 0.717) is 22.7 Å². The van der Waals surface area contributed by atoms with Crippen molar-refractivity contribution in [2.24, 2.45) is 10.2 Å². The first-order chi connectivity index (χ1) is 17.8. The van der Waals surface area contributed by atoms with Crippen LogP contribution in [0.25, 0.3) is 16.8 Å². The number of aromatic hydroxyl groups is 1. The molecule has 4 aromatic rings. The molecule has 0 saturated heterocycles. The summed E-state index contributed by atoms with van der Waals surface area (Å²) in [5.41, 5.74) is 5.86. The minimum atomic E-state index is -1.05. The number of rotatable bonds is 6. The molecule has 1 aliphatic rings. The molecule has 0 radical (unpaired) electrons. The van der Waals surface area contributed by atoms with E-state index in [2.05, 4.69) is 34.4 Å². The van der Waals surface area contributed by atoms with Crippen LogP contribution < -0.4 is 5.56 Å². The van der Waals surface area contributed by atoms with Gasteiger partial charge in [0.1, 0.15) is 5.69 Å². The van der Waals surface area contributed by atoms with Crippen LogP contribution in [-0.4, -0.2) is 26.0 Å². The summed E-state index contributed by atoms with van der Waals surface area (Å²) >= 11 is 0. The highest BCUT2D eigenvalue weighted by molar-refractivity contribution is 5.90. The van der Waals surface area contributed by atoms with E-state index in [0.717, 1.165) is 30.5 Å². The second-order valence-corrected chi connectivity index (χ2v) is 9.52. The molecule has 3 aromatic carbocycles. The quantitative estimate of drug-likeness (QED) is 0.257. The highest BCUT2D eigenvalue weighted by atomic mass is 16.4. The van der Waals surface area contributed by atoms with Gasteiger partial charge in [-0.2, -0.15) is 0 Å². The molecule has 8 nitrogen and oxygen atoms in total. The standard InChI is InChI=1S/C29H28N4O4/c1-4-18-8-9-19-10-11-22(15-23(18)19)33-28(35)26(17(3)32-33)31-30-25-13-16(2)12-24(27(25)34)20-6-5-7-21(14-20)29(36)37/h5-7,10-15,18,32,34H,4,8-9H2,1-3H3,(H,36,37). The number of phenols is 1. The number of phenolic OH excluding ortho intramolecular Hbond substituents is 1. The van der Waals surface area contributed by atoms with Crippen LogP contribution in [0.4, 0.5) is 11.4 Å². The molecule has 0 saturated carbocycles. The van der Waals surface area contributed by atoms with Crippen molar-refractivity contribution >= 4 is 17.3 Å². The molecule has 0 bridgehead atoms. The van der Waals surface area contributed by atoms with Gasteiger partial charge in [-0.15, -0.1) is 10.2 Å². The summed E-state index contributed by atoms with van der Waals surface area (Å²) in [6.07, 6.45) is 3.27. The Bertz CT molecular complexity index is 1610. The van der Waals surface area contributed by atoms with E-state index in [1.807, 2.05) is 13.0 Å². The first-order valence-electron chi connectivity index (χ1n) is 12.3. The maximum absolute atomic E-state index is 13.3. The number of hydrogen-bond acceptors (Lipinski definition) is 5. The Morgan fingerprint density at radius 2 is 1.92 bits per heavy atom. The minimum absolute atomic E-state index is 0.113. The van der Waals surface area contributed by atoms with Crippen LogP contribution in [0, 0.1) is 13.8 Å². The van der Waals surface area contributed by atoms with Crippen LogP contribution in [-0.2, 0) is 6.42 Å². The number of fused-ring (bicyclic) bond motifs is 1. The first-order valence-corrected chi connectivity index (χ1v) is 12.3. The predicted molar refractivity (Wildman–Crippen MR) is 142 cm³/mol. The Kier molecular flexibility index (Phi) is 6.25. The molecule has 0 amide bonds. The maximum atomic E-state index is 13.3. The monoisotopic (exact) mass is 496 g/mol. The molecule has 37 heavy (non-hydrogen) atoms. The van der Waals surface area contributed by atoms with Crippen molar-refractivity contribution in [3.63, 3.8) is 0 Å². The summed E-state index contributed by atoms with van der Waals surface area (Å²) in [5.74, 6) is -0.688. The fraction of sp³-hybridized carbons (Fsp3) is 0.241. The fourth-order valence-corrected chi connectivity index (χ4v) is 5.06. The third-order valence-corrected chi connectivity index (χ3v) is 7.04. The average Bonchev–Trinajstić information content (AvgIpc) is 3.43. The number of carboxylic acids is 1. The number of carbonyl (C=O) groups is 1. The SMILES string of the molecule is CCC1CCc2ccc(-n3[nH]c(C)c(N=Nc4cc(C)cc(-c5cccc(C(=O)O)c5)c4O)c3=O)cc21. The summed E-state index contributed by atoms with van der Waals surface area (Å²) in [6.45, 7) is 5.78. The topological polar surface area (TPSA) is 120 Å². The first kappa shape index (κ1) is 24.2. The third kappa shape index (κ3) is 4.46. The van der Waals surface area contributed by atoms with Crippen molar-refractivity contribution < 1.29 is 15.0 Å². The van der Waals surface area contributed by atoms with Gasteiger partial charge in [-0.25, -0.2) is 9.48 Å². The molecule has 8 heteroatoms. The predicted octanol–water partition coefficient (Wildman–Crippen LogP) is 6.71. The van der Waals surface area contributed by atoms with Gasteiger partial charge in [-0.1, -0.05) is 25.1 Å². The van der Waals surface area contributed by atoms with Gasteiger partial charge in [-0.3, -0.25) is 9.89 Å². The van der Waals surface area contributed by atoms with E-state index in [1.165, 1.54) is 27.9 Å². The van der Waals surface area contributed by atoms with Crippen molar-refractivity contribution in [2.75, 3.05) is 0 Å². The molecule has 1 heterocycles. The van der Waals surface area contributed by atoms with Crippen molar-refractivity contribution in [2.45, 2.75) is 46.0 Å². The number of H-pyrrole nitrogens is 1. The lowest BCUT2D eigenvalue weighted by molar-refractivity contribution is 0.0697. The lowest BCUT2D eigenvalue weighted by Crippen LogP contribution is -2.14. The number of carboxylic acid groups (broad SMARTS) is 1. The molecule has 1 aromatic heterocycles. The van der Waals surface area contributed by atoms with Gasteiger partial charge in [0.15, 0.2) is 11.4 Å². The van der Waals surface area contributed by atoms with Gasteiger partial charge >= 0.3 is 5.97 Å². The second kappa shape index (κ2) is 9.54. The smallest absolute Gasteiger partial charge is 0.335 e. The largest absolute Gasteiger partial charge is 0.505 e. The van der Waals surface area contributed by atoms with E-state index >= 15 is 0 Å². The number of aryl methyl sites for hydroxylation is 3. The molecule has 1 atom stereocenters. The molecule has 3 N–H and O–H groups in total. The molecule has 0 fully saturated rings. The minimum Gasteiger partial charge on any atom is -0.505 e. The van der Waals surface area contributed by atoms with Crippen LogP contribution in [0.2, 0.25) is 0 Å². The van der Waals surface area contributed by atoms with Gasteiger partial charge in [-0.05, 0) is 97.7 Å². The van der Waals surface area contributed by atoms with Crippen LogP contribution in [0.3, 0.4) is 0 Å². The van der Waals surface area contributed by atoms with E-state index in [1.54, 1.807) is 31.2 Å². The van der Waals surface area contributed by atoms with Gasteiger partial charge in [0.25, 0.3) is 5.56 Å². The number of aromatic amines is 1. The summed E-state index contributed by atoms with van der Waals surface area (Å²) in [6, 6.07) is 15.9. The highest BCUT2D eigenvalue weighted by Gasteiger charge is 2.22. The van der Waals surface area contributed by atoms with Crippen molar-refractivity contribution in [3.8, 4) is 22.6 Å². The van der Waals surface area contributed by atoms with E-state index in [-0.39, 0.29) is 28.2 Å². The molecule has 188 valence electrons. The molecule has 5 rings (SSSR count). The van der Waals surface area contributed by atoms with Crippen molar-refractivity contribution in [1.29, 1.82) is 0 Å². The molecular weight excluding hydrogens is 468 g/mol. The Morgan fingerprint density at radius 1 is 1.11 bits per heavy atom. The average molecular weight is 497 g/mol. The zero-order chi connectivity index (χ0) is 26.3. The molecule has 0 spiro atoms. The van der Waals surface area contributed by atoms with Gasteiger partial charge < -0.3 is 10.2 Å². The number of benzene rings is 3. The lowest BCUT2D eigenvalue weighted by atomic mass is 9.98. The van der Waals surface area contributed by atoms with Crippen LogP contribution in [0.5, 0.6) is 5.75 Å². The summed E-state index contributed by atoms with van der Waals surface area (Å²) in [5, 5.41) is 31.8. The van der Waals surface area contributed by atoms with Crippen LogP contribution in [0.15, 0.2) is 69.6 Å².